The number of aryl methyl sites for hydroxylation is 1. The van der Waals surface area contributed by atoms with Crippen LogP contribution in [0.5, 0.6) is 0 Å². The molecule has 140 valence electrons. The van der Waals surface area contributed by atoms with Crippen molar-refractivity contribution in [1.29, 1.82) is 0 Å². The number of piperidine rings is 1. The Morgan fingerprint density at radius 2 is 2.12 bits per heavy atom. The summed E-state index contributed by atoms with van der Waals surface area (Å²) >= 11 is 1.78. The summed E-state index contributed by atoms with van der Waals surface area (Å²) in [6, 6.07) is 4.06. The first kappa shape index (κ1) is 18.0. The molecule has 2 fully saturated rings. The van der Waals surface area contributed by atoms with Crippen LogP contribution in [0.2, 0.25) is 0 Å². The number of pyridine rings is 1. The molecule has 5 nitrogen and oxygen atoms in total. The third kappa shape index (κ3) is 3.83. The molecule has 2 aliphatic rings. The highest BCUT2D eigenvalue weighted by Gasteiger charge is 2.49. The molecular weight excluding hydrogens is 344 g/mol. The first-order valence-corrected chi connectivity index (χ1v) is 10.3. The van der Waals surface area contributed by atoms with Crippen LogP contribution >= 0.6 is 11.3 Å². The average Bonchev–Trinajstić information content (AvgIpc) is 3.02. The lowest BCUT2D eigenvalue weighted by molar-refractivity contribution is -0.0933. The Kier molecular flexibility index (Phi) is 5.36. The van der Waals surface area contributed by atoms with Crippen LogP contribution in [0.25, 0.3) is 0 Å². The van der Waals surface area contributed by atoms with Crippen molar-refractivity contribution in [3.05, 3.63) is 46.2 Å². The van der Waals surface area contributed by atoms with E-state index in [0.29, 0.717) is 18.1 Å². The van der Waals surface area contributed by atoms with Crippen molar-refractivity contribution >= 4 is 11.3 Å². The molecule has 0 N–H and O–H groups in total. The monoisotopic (exact) mass is 372 g/mol. The maximum absolute atomic E-state index is 6.02. The fourth-order valence-corrected chi connectivity index (χ4v) is 5.14. The molecule has 2 aromatic heterocycles. The molecule has 0 amide bonds. The molecule has 1 spiro atoms. The quantitative estimate of drug-likeness (QED) is 0.780. The summed E-state index contributed by atoms with van der Waals surface area (Å²) in [6.07, 6.45) is 6.15. The van der Waals surface area contributed by atoms with Crippen LogP contribution in [0.3, 0.4) is 0 Å². The van der Waals surface area contributed by atoms with Crippen molar-refractivity contribution in [3.8, 4) is 0 Å². The summed E-state index contributed by atoms with van der Waals surface area (Å²) in [5.74, 6) is 0.667. The molecule has 0 saturated carbocycles. The number of thiazole rings is 1. The maximum Gasteiger partial charge on any atom is 0.0798 e. The predicted octanol–water partition coefficient (Wildman–Crippen LogP) is 2.96. The highest BCUT2D eigenvalue weighted by atomic mass is 32.1. The molecule has 0 radical (unpaired) electrons. The Bertz CT molecular complexity index is 714. The number of aromatic nitrogens is 2. The zero-order valence-corrected chi connectivity index (χ0v) is 16.5. The van der Waals surface area contributed by atoms with Gasteiger partial charge in [0, 0.05) is 49.1 Å². The molecular formula is C20H28N4OS. The van der Waals surface area contributed by atoms with Crippen LogP contribution in [0.15, 0.2) is 30.0 Å². The topological polar surface area (TPSA) is 41.5 Å². The summed E-state index contributed by atoms with van der Waals surface area (Å²) in [5.41, 5.74) is 4.71. The minimum atomic E-state index is 0.349. The summed E-state index contributed by atoms with van der Waals surface area (Å²) in [4.78, 5) is 15.0. The van der Waals surface area contributed by atoms with Gasteiger partial charge in [0.05, 0.1) is 17.8 Å². The van der Waals surface area contributed by atoms with E-state index < -0.39 is 0 Å². The second-order valence-electron chi connectivity index (χ2n) is 7.88. The molecule has 4 rings (SSSR count). The number of nitrogens with zero attached hydrogens (tertiary/aromatic N) is 4. The Morgan fingerprint density at radius 1 is 1.31 bits per heavy atom. The fraction of sp³-hybridized carbons (Fsp3) is 0.600. The standard InChI is InChI=1S/C20H28N4OS/c1-16-19(26-15-22-16)10-24-13-20(14-24)9-18(5-8-23(20)2)12-25-11-17-3-6-21-7-4-17/h3-4,6-7,15,18H,5,8-14H2,1-2H3. The van der Waals surface area contributed by atoms with E-state index >= 15 is 0 Å². The number of likely N-dealkylation sites (N-methyl/N-ethyl adjacent to an activating group) is 1. The molecule has 1 unspecified atom stereocenters. The molecule has 0 aromatic carbocycles. The molecule has 2 saturated heterocycles. The summed E-state index contributed by atoms with van der Waals surface area (Å²) in [5, 5.41) is 0. The number of hydrogen-bond donors (Lipinski definition) is 0. The lowest BCUT2D eigenvalue weighted by atomic mass is 9.75. The molecule has 6 heteroatoms. The van der Waals surface area contributed by atoms with Gasteiger partial charge in [0.25, 0.3) is 0 Å². The van der Waals surface area contributed by atoms with E-state index in [4.69, 9.17) is 4.74 Å². The summed E-state index contributed by atoms with van der Waals surface area (Å²) < 4.78 is 6.02. The van der Waals surface area contributed by atoms with E-state index in [-0.39, 0.29) is 0 Å². The summed E-state index contributed by atoms with van der Waals surface area (Å²) in [6.45, 7) is 8.24. The zero-order valence-electron chi connectivity index (χ0n) is 15.7. The van der Waals surface area contributed by atoms with Gasteiger partial charge in [0.15, 0.2) is 0 Å². The van der Waals surface area contributed by atoms with Crippen LogP contribution in [0, 0.1) is 12.8 Å². The minimum absolute atomic E-state index is 0.349. The van der Waals surface area contributed by atoms with Crippen molar-refractivity contribution in [2.24, 2.45) is 5.92 Å². The molecule has 0 bridgehead atoms. The SMILES string of the molecule is Cc1ncsc1CN1CC2(CC(COCc3ccncc3)CCN2C)C1. The number of ether oxygens (including phenoxy) is 1. The van der Waals surface area contributed by atoms with E-state index in [1.54, 1.807) is 11.3 Å². The minimum Gasteiger partial charge on any atom is -0.376 e. The zero-order chi connectivity index (χ0) is 18.0. The van der Waals surface area contributed by atoms with Crippen molar-refractivity contribution in [3.63, 3.8) is 0 Å². The second kappa shape index (κ2) is 7.72. The van der Waals surface area contributed by atoms with Gasteiger partial charge < -0.3 is 4.74 Å². The largest absolute Gasteiger partial charge is 0.376 e. The Balaban J connectivity index is 1.27. The Hall–Kier alpha value is -1.34. The van der Waals surface area contributed by atoms with Crippen molar-refractivity contribution in [1.82, 2.24) is 19.8 Å². The Morgan fingerprint density at radius 3 is 2.85 bits per heavy atom. The number of rotatable bonds is 6. The molecule has 2 aromatic rings. The van der Waals surface area contributed by atoms with Crippen LogP contribution in [0.4, 0.5) is 0 Å². The van der Waals surface area contributed by atoms with Crippen LogP contribution in [0.1, 0.15) is 29.0 Å². The van der Waals surface area contributed by atoms with E-state index in [9.17, 15) is 0 Å². The molecule has 2 aliphatic heterocycles. The second-order valence-corrected chi connectivity index (χ2v) is 8.82. The maximum atomic E-state index is 6.02. The van der Waals surface area contributed by atoms with Crippen LogP contribution in [-0.2, 0) is 17.9 Å². The Labute approximate surface area is 160 Å². The molecule has 0 aliphatic carbocycles. The normalized spacial score (nSPS) is 23.2. The van der Waals surface area contributed by atoms with Crippen molar-refractivity contribution in [2.45, 2.75) is 38.5 Å². The fourth-order valence-electron chi connectivity index (χ4n) is 4.32. The molecule has 26 heavy (non-hydrogen) atoms. The lowest BCUT2D eigenvalue weighted by Gasteiger charge is -2.58. The smallest absolute Gasteiger partial charge is 0.0798 e. The van der Waals surface area contributed by atoms with E-state index in [2.05, 4.69) is 33.7 Å². The first-order valence-electron chi connectivity index (χ1n) is 9.44. The van der Waals surface area contributed by atoms with Gasteiger partial charge >= 0.3 is 0 Å². The number of hydrogen-bond acceptors (Lipinski definition) is 6. The van der Waals surface area contributed by atoms with E-state index in [1.165, 1.54) is 48.6 Å². The van der Waals surface area contributed by atoms with Crippen molar-refractivity contribution in [2.75, 3.05) is 33.3 Å². The molecule has 4 heterocycles. The first-order chi connectivity index (χ1) is 12.6. The van der Waals surface area contributed by atoms with Crippen LogP contribution in [-0.4, -0.2) is 58.6 Å². The number of likely N-dealkylation sites (tertiary alicyclic amines) is 2. The van der Waals surface area contributed by atoms with Crippen LogP contribution < -0.4 is 0 Å². The third-order valence-electron chi connectivity index (χ3n) is 5.97. The van der Waals surface area contributed by atoms with Gasteiger partial charge in [-0.3, -0.25) is 14.8 Å². The van der Waals surface area contributed by atoms with E-state index in [1.807, 2.05) is 30.0 Å². The van der Waals surface area contributed by atoms with Crippen molar-refractivity contribution < 1.29 is 4.74 Å². The molecule has 1 atom stereocenters. The highest BCUT2D eigenvalue weighted by Crippen LogP contribution is 2.39. The predicted molar refractivity (Wildman–Crippen MR) is 104 cm³/mol. The lowest BCUT2D eigenvalue weighted by Crippen LogP contribution is -2.71. The highest BCUT2D eigenvalue weighted by molar-refractivity contribution is 7.09. The van der Waals surface area contributed by atoms with Gasteiger partial charge in [-0.05, 0) is 57.0 Å². The van der Waals surface area contributed by atoms with Gasteiger partial charge in [0.2, 0.25) is 0 Å². The van der Waals surface area contributed by atoms with Gasteiger partial charge in [-0.25, -0.2) is 4.98 Å². The third-order valence-corrected chi connectivity index (χ3v) is 6.89. The average molecular weight is 373 g/mol. The van der Waals surface area contributed by atoms with Gasteiger partial charge in [0.1, 0.15) is 0 Å². The van der Waals surface area contributed by atoms with Gasteiger partial charge in [-0.15, -0.1) is 11.3 Å². The van der Waals surface area contributed by atoms with Gasteiger partial charge in [-0.2, -0.15) is 0 Å². The van der Waals surface area contributed by atoms with Gasteiger partial charge in [-0.1, -0.05) is 0 Å². The summed E-state index contributed by atoms with van der Waals surface area (Å²) in [7, 11) is 2.29. The van der Waals surface area contributed by atoms with E-state index in [0.717, 1.165) is 13.2 Å².